The van der Waals surface area contributed by atoms with Gasteiger partial charge in [-0.2, -0.15) is 13.2 Å². The average molecular weight is 463 g/mol. The highest BCUT2D eigenvalue weighted by Gasteiger charge is 2.38. The summed E-state index contributed by atoms with van der Waals surface area (Å²) >= 11 is 0. The Labute approximate surface area is 154 Å². The number of hydrogen-bond acceptors (Lipinski definition) is 5. The summed E-state index contributed by atoms with van der Waals surface area (Å²) in [5.41, 5.74) is 0.842. The smallest absolute Gasteiger partial charge is 0.382 e. The van der Waals surface area contributed by atoms with E-state index in [2.05, 4.69) is 20.4 Å². The van der Waals surface area contributed by atoms with Gasteiger partial charge in [0, 0.05) is 45.8 Å². The Bertz CT molecular complexity index is 504. The van der Waals surface area contributed by atoms with Crippen LogP contribution in [-0.2, 0) is 6.54 Å². The van der Waals surface area contributed by atoms with Crippen LogP contribution in [0, 0.1) is 0 Å². The van der Waals surface area contributed by atoms with Crippen molar-refractivity contribution < 1.29 is 22.8 Å². The molecular weight excluding hydrogens is 442 g/mol. The monoisotopic (exact) mass is 463 g/mol. The third-order valence-electron chi connectivity index (χ3n) is 3.59. The number of alkyl halides is 3. The number of aliphatic imine (C=N–C) groups is 1. The quantitative estimate of drug-likeness (QED) is 0.393. The Hall–Kier alpha value is -1.08. The van der Waals surface area contributed by atoms with Gasteiger partial charge >= 0.3 is 6.18 Å². The van der Waals surface area contributed by atoms with E-state index in [9.17, 15) is 13.2 Å². The number of nitrogens with one attached hydrogen (secondary N) is 1. The van der Waals surface area contributed by atoms with Gasteiger partial charge < -0.3 is 19.8 Å². The summed E-state index contributed by atoms with van der Waals surface area (Å²) in [4.78, 5) is 8.01. The number of aromatic nitrogens is 1. The first-order chi connectivity index (χ1) is 10.9. The van der Waals surface area contributed by atoms with Gasteiger partial charge in [0.2, 0.25) is 0 Å². The Morgan fingerprint density at radius 1 is 1.42 bits per heavy atom. The van der Waals surface area contributed by atoms with Gasteiger partial charge in [0.25, 0.3) is 0 Å². The van der Waals surface area contributed by atoms with E-state index < -0.39 is 18.8 Å². The van der Waals surface area contributed by atoms with Crippen molar-refractivity contribution in [2.24, 2.45) is 4.99 Å². The lowest BCUT2D eigenvalue weighted by atomic mass is 10.3. The largest absolute Gasteiger partial charge is 0.416 e. The first-order valence-electron chi connectivity index (χ1n) is 7.22. The molecule has 7 nitrogen and oxygen atoms in total. The molecule has 1 aliphatic rings. The number of halogens is 4. The molecule has 2 heterocycles. The fraction of sp³-hybridized carbons (Fsp3) is 0.692. The molecule has 0 aromatic carbocycles. The lowest BCUT2D eigenvalue weighted by Crippen LogP contribution is -2.53. The topological polar surface area (TPSA) is 77.1 Å². The summed E-state index contributed by atoms with van der Waals surface area (Å²) < 4.78 is 41.7. The molecule has 0 aliphatic carbocycles. The molecule has 1 atom stereocenters. The van der Waals surface area contributed by atoms with E-state index >= 15 is 0 Å². The Kier molecular flexibility index (Phi) is 8.22. The highest BCUT2D eigenvalue weighted by molar-refractivity contribution is 14.0. The zero-order valence-corrected chi connectivity index (χ0v) is 15.5. The maximum absolute atomic E-state index is 12.3. The van der Waals surface area contributed by atoms with E-state index in [1.807, 2.05) is 4.90 Å². The molecule has 0 amide bonds. The molecule has 138 valence electrons. The van der Waals surface area contributed by atoms with Crippen molar-refractivity contribution in [3.63, 3.8) is 0 Å². The fourth-order valence-electron chi connectivity index (χ4n) is 2.30. The van der Waals surface area contributed by atoms with Gasteiger partial charge in [-0.05, 0) is 0 Å². The third kappa shape index (κ3) is 6.09. The number of hydrogen-bond donors (Lipinski definition) is 2. The lowest BCUT2D eigenvalue weighted by Gasteiger charge is -2.36. The summed E-state index contributed by atoms with van der Waals surface area (Å²) in [6.07, 6.45) is -5.53. The van der Waals surface area contributed by atoms with Crippen LogP contribution in [0.2, 0.25) is 0 Å². The molecule has 0 spiro atoms. The number of rotatable bonds is 4. The maximum atomic E-state index is 12.3. The van der Waals surface area contributed by atoms with Crippen LogP contribution < -0.4 is 5.32 Å². The first kappa shape index (κ1) is 21.0. The predicted octanol–water partition coefficient (Wildman–Crippen LogP) is 0.909. The Balaban J connectivity index is 0.00000288. The van der Waals surface area contributed by atoms with Gasteiger partial charge in [0.15, 0.2) is 12.1 Å². The SMILES string of the molecule is CN=C(NCC(O)C(F)(F)F)N1CCN(Cc2ccon2)CC1.I. The number of aliphatic hydroxyl groups is 1. The zero-order valence-electron chi connectivity index (χ0n) is 13.2. The standard InChI is InChI=1S/C13H20F3N5O2.HI/c1-17-12(18-8-11(22)13(14,15)16)21-5-3-20(4-6-21)9-10-2-7-23-19-10;/h2,7,11,22H,3-6,8-9H2,1H3,(H,17,18);1H. The lowest BCUT2D eigenvalue weighted by molar-refractivity contribution is -0.201. The van der Waals surface area contributed by atoms with Crippen molar-refractivity contribution in [2.75, 3.05) is 39.8 Å². The number of guanidine groups is 1. The van der Waals surface area contributed by atoms with Gasteiger partial charge in [-0.3, -0.25) is 9.89 Å². The minimum Gasteiger partial charge on any atom is -0.382 e. The third-order valence-corrected chi connectivity index (χ3v) is 3.59. The van der Waals surface area contributed by atoms with Crippen molar-refractivity contribution >= 4 is 29.9 Å². The van der Waals surface area contributed by atoms with Crippen molar-refractivity contribution in [3.05, 3.63) is 18.0 Å². The molecule has 1 unspecified atom stereocenters. The van der Waals surface area contributed by atoms with Gasteiger partial charge in [-0.25, -0.2) is 0 Å². The summed E-state index contributed by atoms with van der Waals surface area (Å²) in [5.74, 6) is 0.356. The molecule has 1 aromatic heterocycles. The molecule has 11 heteroatoms. The van der Waals surface area contributed by atoms with Crippen LogP contribution in [0.4, 0.5) is 13.2 Å². The minimum atomic E-state index is -4.64. The van der Waals surface area contributed by atoms with E-state index in [-0.39, 0.29) is 24.0 Å². The van der Waals surface area contributed by atoms with Crippen LogP contribution in [0.1, 0.15) is 5.69 Å². The van der Waals surface area contributed by atoms with Crippen molar-refractivity contribution in [1.29, 1.82) is 0 Å². The number of nitrogens with zero attached hydrogens (tertiary/aromatic N) is 4. The average Bonchev–Trinajstić information content (AvgIpc) is 3.01. The molecule has 1 aliphatic heterocycles. The van der Waals surface area contributed by atoms with Crippen LogP contribution in [0.25, 0.3) is 0 Å². The molecule has 2 rings (SSSR count). The molecule has 0 radical (unpaired) electrons. The number of piperazine rings is 1. The summed E-state index contributed by atoms with van der Waals surface area (Å²) in [5, 5.41) is 15.4. The molecule has 0 saturated carbocycles. The van der Waals surface area contributed by atoms with Crippen LogP contribution in [0.15, 0.2) is 21.8 Å². The van der Waals surface area contributed by atoms with E-state index in [0.717, 1.165) is 18.8 Å². The molecular formula is C13H21F3IN5O2. The highest BCUT2D eigenvalue weighted by atomic mass is 127. The van der Waals surface area contributed by atoms with Crippen LogP contribution in [0.5, 0.6) is 0 Å². The Morgan fingerprint density at radius 3 is 2.58 bits per heavy atom. The van der Waals surface area contributed by atoms with Gasteiger partial charge in [-0.15, -0.1) is 24.0 Å². The molecule has 1 saturated heterocycles. The molecule has 1 aromatic rings. The second kappa shape index (κ2) is 9.42. The van der Waals surface area contributed by atoms with Gasteiger partial charge in [0.1, 0.15) is 6.26 Å². The van der Waals surface area contributed by atoms with Crippen LogP contribution in [-0.4, -0.2) is 78.1 Å². The maximum Gasteiger partial charge on any atom is 0.416 e. The molecule has 2 N–H and O–H groups in total. The molecule has 24 heavy (non-hydrogen) atoms. The van der Waals surface area contributed by atoms with Gasteiger partial charge in [-0.1, -0.05) is 5.16 Å². The number of aliphatic hydroxyl groups excluding tert-OH is 1. The minimum absolute atomic E-state index is 0. The van der Waals surface area contributed by atoms with Crippen molar-refractivity contribution in [3.8, 4) is 0 Å². The van der Waals surface area contributed by atoms with E-state index in [1.165, 1.54) is 13.3 Å². The van der Waals surface area contributed by atoms with Crippen LogP contribution in [0.3, 0.4) is 0 Å². The fourth-order valence-corrected chi connectivity index (χ4v) is 2.30. The summed E-state index contributed by atoms with van der Waals surface area (Å²) in [6, 6.07) is 1.80. The molecule has 0 bridgehead atoms. The normalized spacial score (nSPS) is 18.2. The Morgan fingerprint density at radius 2 is 2.08 bits per heavy atom. The second-order valence-corrected chi connectivity index (χ2v) is 5.24. The summed E-state index contributed by atoms with van der Waals surface area (Å²) in [6.45, 7) is 2.77. The van der Waals surface area contributed by atoms with E-state index in [0.29, 0.717) is 25.6 Å². The predicted molar refractivity (Wildman–Crippen MR) is 92.2 cm³/mol. The van der Waals surface area contributed by atoms with E-state index in [4.69, 9.17) is 9.63 Å². The van der Waals surface area contributed by atoms with Crippen molar-refractivity contribution in [2.45, 2.75) is 18.8 Å². The van der Waals surface area contributed by atoms with Gasteiger partial charge in [0.05, 0.1) is 12.2 Å². The zero-order chi connectivity index (χ0) is 16.9. The van der Waals surface area contributed by atoms with Crippen LogP contribution >= 0.6 is 24.0 Å². The van der Waals surface area contributed by atoms with Crippen molar-refractivity contribution in [1.82, 2.24) is 20.3 Å². The molecule has 1 fully saturated rings. The second-order valence-electron chi connectivity index (χ2n) is 5.24. The summed E-state index contributed by atoms with van der Waals surface area (Å²) in [7, 11) is 1.50. The first-order valence-corrected chi connectivity index (χ1v) is 7.22. The highest BCUT2D eigenvalue weighted by Crippen LogP contribution is 2.19. The van der Waals surface area contributed by atoms with E-state index in [1.54, 1.807) is 6.07 Å².